The highest BCUT2D eigenvalue weighted by Gasteiger charge is 2.07. The lowest BCUT2D eigenvalue weighted by atomic mass is 10.1. The highest BCUT2D eigenvalue weighted by atomic mass is 35.5. The van der Waals surface area contributed by atoms with E-state index >= 15 is 0 Å². The summed E-state index contributed by atoms with van der Waals surface area (Å²) in [6, 6.07) is 20.0. The first-order valence-corrected chi connectivity index (χ1v) is 9.33. The Morgan fingerprint density at radius 1 is 0.885 bits per heavy atom. The maximum atomic E-state index is 5.98. The molecule has 4 rings (SSSR count). The monoisotopic (exact) mass is 378 g/mol. The van der Waals surface area contributed by atoms with Gasteiger partial charge in [-0.25, -0.2) is 15.0 Å². The van der Waals surface area contributed by atoms with Gasteiger partial charge in [-0.15, -0.1) is 11.3 Å². The van der Waals surface area contributed by atoms with Crippen LogP contribution in [0, 0.1) is 6.92 Å². The number of nitrogens with one attached hydrogen (secondary N) is 1. The van der Waals surface area contributed by atoms with E-state index in [1.165, 1.54) is 0 Å². The quantitative estimate of drug-likeness (QED) is 0.444. The van der Waals surface area contributed by atoms with Gasteiger partial charge in [0.25, 0.3) is 0 Å². The summed E-state index contributed by atoms with van der Waals surface area (Å²) in [6.45, 7) is 1.81. The number of aromatic nitrogens is 3. The van der Waals surface area contributed by atoms with Gasteiger partial charge in [-0.05, 0) is 19.1 Å². The van der Waals surface area contributed by atoms with Crippen LogP contribution in [0.15, 0.2) is 66.0 Å². The molecular weight excluding hydrogens is 364 g/mol. The van der Waals surface area contributed by atoms with Crippen LogP contribution >= 0.6 is 22.9 Å². The number of hydrogen-bond donors (Lipinski definition) is 1. The van der Waals surface area contributed by atoms with Gasteiger partial charge in [0.05, 0.1) is 5.69 Å². The van der Waals surface area contributed by atoms with E-state index in [0.717, 1.165) is 27.5 Å². The van der Waals surface area contributed by atoms with Crippen molar-refractivity contribution in [3.63, 3.8) is 0 Å². The minimum Gasteiger partial charge on any atom is -0.340 e. The molecule has 0 aliphatic carbocycles. The lowest BCUT2D eigenvalue weighted by molar-refractivity contribution is 1.06. The van der Waals surface area contributed by atoms with Crippen LogP contribution in [-0.4, -0.2) is 15.0 Å². The molecule has 0 bridgehead atoms. The minimum atomic E-state index is 0.424. The predicted octanol–water partition coefficient (Wildman–Crippen LogP) is 5.97. The van der Waals surface area contributed by atoms with E-state index in [2.05, 4.69) is 32.8 Å². The van der Waals surface area contributed by atoms with Gasteiger partial charge in [0, 0.05) is 28.3 Å². The average Bonchev–Trinajstić information content (AvgIpc) is 3.12. The summed E-state index contributed by atoms with van der Waals surface area (Å²) >= 11 is 7.63. The summed E-state index contributed by atoms with van der Waals surface area (Å²) in [5.41, 5.74) is 4.12. The predicted molar refractivity (Wildman–Crippen MR) is 108 cm³/mol. The maximum absolute atomic E-state index is 5.98. The van der Waals surface area contributed by atoms with Crippen molar-refractivity contribution in [1.29, 1.82) is 0 Å². The molecule has 2 heterocycles. The molecule has 0 atom stereocenters. The van der Waals surface area contributed by atoms with Crippen LogP contribution in [0.25, 0.3) is 21.8 Å². The van der Waals surface area contributed by atoms with Crippen LogP contribution < -0.4 is 5.32 Å². The Hall–Kier alpha value is -2.76. The van der Waals surface area contributed by atoms with E-state index in [9.17, 15) is 0 Å². The van der Waals surface area contributed by atoms with E-state index in [0.29, 0.717) is 16.8 Å². The summed E-state index contributed by atoms with van der Waals surface area (Å²) in [6.07, 6.45) is 0. The van der Waals surface area contributed by atoms with Gasteiger partial charge in [-0.2, -0.15) is 0 Å². The molecular formula is C20H15ClN4S. The third-order valence-corrected chi connectivity index (χ3v) is 4.87. The smallest absolute Gasteiger partial charge is 0.135 e. The molecule has 0 unspecified atom stereocenters. The van der Waals surface area contributed by atoms with Crippen molar-refractivity contribution in [2.24, 2.45) is 0 Å². The van der Waals surface area contributed by atoms with E-state index in [1.807, 2.05) is 49.4 Å². The molecule has 2 aromatic heterocycles. The summed E-state index contributed by atoms with van der Waals surface area (Å²) in [4.78, 5) is 13.1. The summed E-state index contributed by atoms with van der Waals surface area (Å²) < 4.78 is 0. The van der Waals surface area contributed by atoms with E-state index in [1.54, 1.807) is 17.4 Å². The Bertz CT molecular complexity index is 1010. The molecule has 1 N–H and O–H groups in total. The molecule has 0 amide bonds. The Morgan fingerprint density at radius 3 is 2.38 bits per heavy atom. The van der Waals surface area contributed by atoms with E-state index < -0.39 is 0 Å². The number of anilines is 2. The first kappa shape index (κ1) is 16.7. The van der Waals surface area contributed by atoms with Crippen LogP contribution in [0.4, 0.5) is 11.5 Å². The van der Waals surface area contributed by atoms with E-state index in [4.69, 9.17) is 16.6 Å². The van der Waals surface area contributed by atoms with Crippen molar-refractivity contribution >= 4 is 34.4 Å². The Morgan fingerprint density at radius 2 is 1.65 bits per heavy atom. The molecule has 4 aromatic rings. The van der Waals surface area contributed by atoms with Crippen LogP contribution in [-0.2, 0) is 0 Å². The lowest BCUT2D eigenvalue weighted by Crippen LogP contribution is -1.97. The van der Waals surface area contributed by atoms with Gasteiger partial charge in [-0.3, -0.25) is 0 Å². The van der Waals surface area contributed by atoms with Gasteiger partial charge >= 0.3 is 0 Å². The van der Waals surface area contributed by atoms with Crippen LogP contribution in [0.5, 0.6) is 0 Å². The standard InChI is InChI=1S/C20H15ClN4S/c1-13-22-18(21)11-19(23-13)24-16-9-7-14(8-10-16)17-12-26-20(25-17)15-5-3-2-4-6-15/h2-12H,1H3,(H,22,23,24). The molecule has 128 valence electrons. The molecule has 0 aliphatic heterocycles. The topological polar surface area (TPSA) is 50.7 Å². The van der Waals surface area contributed by atoms with Crippen LogP contribution in [0.1, 0.15) is 5.82 Å². The molecule has 0 spiro atoms. The SMILES string of the molecule is Cc1nc(Cl)cc(Nc2ccc(-c3csc(-c4ccccc4)n3)cc2)n1. The number of nitrogens with zero attached hydrogens (tertiary/aromatic N) is 3. The first-order valence-electron chi connectivity index (χ1n) is 8.07. The van der Waals surface area contributed by atoms with Crippen molar-refractivity contribution in [1.82, 2.24) is 15.0 Å². The molecule has 4 nitrogen and oxygen atoms in total. The zero-order valence-electron chi connectivity index (χ0n) is 14.0. The Kier molecular flexibility index (Phi) is 4.65. The second-order valence-electron chi connectivity index (χ2n) is 5.73. The minimum absolute atomic E-state index is 0.424. The van der Waals surface area contributed by atoms with Gasteiger partial charge in [0.2, 0.25) is 0 Å². The second-order valence-corrected chi connectivity index (χ2v) is 6.97. The number of rotatable bonds is 4. The van der Waals surface area contributed by atoms with Gasteiger partial charge in [-0.1, -0.05) is 54.1 Å². The van der Waals surface area contributed by atoms with Gasteiger partial charge in [0.1, 0.15) is 21.8 Å². The fourth-order valence-corrected chi connectivity index (χ4v) is 3.65. The molecule has 0 radical (unpaired) electrons. The average molecular weight is 379 g/mol. The third kappa shape index (κ3) is 3.74. The lowest BCUT2D eigenvalue weighted by Gasteiger charge is -2.07. The zero-order chi connectivity index (χ0) is 17.9. The summed E-state index contributed by atoms with van der Waals surface area (Å²) in [7, 11) is 0. The van der Waals surface area contributed by atoms with Crippen molar-refractivity contribution in [2.75, 3.05) is 5.32 Å². The number of aryl methyl sites for hydroxylation is 1. The molecule has 2 aromatic carbocycles. The van der Waals surface area contributed by atoms with Crippen LogP contribution in [0.3, 0.4) is 0 Å². The highest BCUT2D eigenvalue weighted by molar-refractivity contribution is 7.13. The van der Waals surface area contributed by atoms with Crippen molar-refractivity contribution < 1.29 is 0 Å². The Labute approximate surface area is 160 Å². The van der Waals surface area contributed by atoms with Crippen molar-refractivity contribution in [3.8, 4) is 21.8 Å². The fraction of sp³-hybridized carbons (Fsp3) is 0.0500. The number of thiazole rings is 1. The van der Waals surface area contributed by atoms with E-state index in [-0.39, 0.29) is 0 Å². The third-order valence-electron chi connectivity index (χ3n) is 3.78. The van der Waals surface area contributed by atoms with Crippen LogP contribution in [0.2, 0.25) is 5.15 Å². The summed E-state index contributed by atoms with van der Waals surface area (Å²) in [5.74, 6) is 1.31. The zero-order valence-corrected chi connectivity index (χ0v) is 15.6. The largest absolute Gasteiger partial charge is 0.340 e. The highest BCUT2D eigenvalue weighted by Crippen LogP contribution is 2.29. The van der Waals surface area contributed by atoms with Crippen molar-refractivity contribution in [3.05, 3.63) is 77.0 Å². The molecule has 0 aliphatic rings. The normalized spacial score (nSPS) is 10.7. The molecule has 0 saturated heterocycles. The number of hydrogen-bond acceptors (Lipinski definition) is 5. The van der Waals surface area contributed by atoms with Gasteiger partial charge in [0.15, 0.2) is 0 Å². The molecule has 6 heteroatoms. The maximum Gasteiger partial charge on any atom is 0.135 e. The number of halogens is 1. The Balaban J connectivity index is 1.54. The fourth-order valence-electron chi connectivity index (χ4n) is 2.59. The van der Waals surface area contributed by atoms with Crippen molar-refractivity contribution in [2.45, 2.75) is 6.92 Å². The number of benzene rings is 2. The van der Waals surface area contributed by atoms with Gasteiger partial charge < -0.3 is 5.32 Å². The first-order chi connectivity index (χ1) is 12.7. The molecule has 26 heavy (non-hydrogen) atoms. The second kappa shape index (κ2) is 7.23. The molecule has 0 fully saturated rings. The molecule has 0 saturated carbocycles. The summed E-state index contributed by atoms with van der Waals surface area (Å²) in [5, 5.41) is 6.77.